The second-order valence-corrected chi connectivity index (χ2v) is 4.89. The lowest BCUT2D eigenvalue weighted by atomic mass is 10.0. The molecule has 0 aliphatic carbocycles. The van der Waals surface area contributed by atoms with E-state index in [1.807, 2.05) is 0 Å². The number of hydrogen-bond donors (Lipinski definition) is 2. The minimum Gasteiger partial charge on any atom is -0.378 e. The molecule has 0 radical (unpaired) electrons. The number of nitrogens with two attached hydrogens (primary N) is 1. The van der Waals surface area contributed by atoms with E-state index >= 15 is 0 Å². The Morgan fingerprint density at radius 2 is 2.20 bits per heavy atom. The molecule has 0 heterocycles. The summed E-state index contributed by atoms with van der Waals surface area (Å²) in [7, 11) is 1.53. The van der Waals surface area contributed by atoms with Gasteiger partial charge in [-0.2, -0.15) is 0 Å². The van der Waals surface area contributed by atoms with E-state index in [0.717, 1.165) is 0 Å². The molecule has 0 atom stereocenters. The van der Waals surface area contributed by atoms with Crippen LogP contribution in [0.25, 0.3) is 0 Å². The van der Waals surface area contributed by atoms with Crippen LogP contribution in [0.3, 0.4) is 0 Å². The van der Waals surface area contributed by atoms with Crippen molar-refractivity contribution in [3.63, 3.8) is 0 Å². The Kier molecular flexibility index (Phi) is 5.68. The second kappa shape index (κ2) is 7.04. The van der Waals surface area contributed by atoms with E-state index in [9.17, 15) is 9.18 Å². The molecule has 1 amide bonds. The van der Waals surface area contributed by atoms with Crippen LogP contribution in [0.2, 0.25) is 0 Å². The van der Waals surface area contributed by atoms with Crippen LogP contribution < -0.4 is 11.1 Å². The first-order valence-corrected chi connectivity index (χ1v) is 6.21. The first kappa shape index (κ1) is 16.2. The minimum atomic E-state index is -0.590. The molecule has 20 heavy (non-hydrogen) atoms. The largest absolute Gasteiger partial charge is 0.378 e. The smallest absolute Gasteiger partial charge is 0.227 e. The van der Waals surface area contributed by atoms with Crippen molar-refractivity contribution >= 4 is 11.6 Å². The molecule has 0 fully saturated rings. The summed E-state index contributed by atoms with van der Waals surface area (Å²) in [5.41, 5.74) is 5.30. The Labute approximate surface area is 118 Å². The highest BCUT2D eigenvalue weighted by molar-refractivity contribution is 5.91. The van der Waals surface area contributed by atoms with Gasteiger partial charge in [0.05, 0.1) is 24.3 Å². The van der Waals surface area contributed by atoms with E-state index < -0.39 is 11.4 Å². The number of ether oxygens (including phenoxy) is 1. The average Bonchev–Trinajstić information content (AvgIpc) is 2.38. The molecule has 3 N–H and O–H groups in total. The molecule has 1 aromatic carbocycles. The average molecular weight is 278 g/mol. The van der Waals surface area contributed by atoms with Crippen molar-refractivity contribution in [3.8, 4) is 11.8 Å². The van der Waals surface area contributed by atoms with Crippen LogP contribution in [0, 0.1) is 17.7 Å². The van der Waals surface area contributed by atoms with Crippen LogP contribution in [-0.2, 0) is 9.53 Å². The summed E-state index contributed by atoms with van der Waals surface area (Å²) in [6.45, 7) is 3.79. The molecular formula is C15H19FN2O2. The van der Waals surface area contributed by atoms with Crippen LogP contribution in [0.4, 0.5) is 10.1 Å². The zero-order valence-corrected chi connectivity index (χ0v) is 11.9. The standard InChI is InChI=1S/C15H19FN2O2/c1-15(2,20-3)10-14(19)18-13-7-6-11(5-4-8-17)9-12(13)16/h6-7,9H,8,10,17H2,1-3H3,(H,18,19). The van der Waals surface area contributed by atoms with Gasteiger partial charge in [-0.3, -0.25) is 4.79 Å². The van der Waals surface area contributed by atoms with Crippen molar-refractivity contribution in [1.82, 2.24) is 0 Å². The normalized spacial score (nSPS) is 10.7. The molecule has 0 spiro atoms. The van der Waals surface area contributed by atoms with E-state index in [0.29, 0.717) is 5.56 Å². The summed E-state index contributed by atoms with van der Waals surface area (Å²) in [4.78, 5) is 11.8. The number of methoxy groups -OCH3 is 1. The summed E-state index contributed by atoms with van der Waals surface area (Å²) >= 11 is 0. The molecule has 1 aromatic rings. The van der Waals surface area contributed by atoms with Gasteiger partial charge in [-0.05, 0) is 32.0 Å². The first-order chi connectivity index (χ1) is 9.38. The number of amides is 1. The Bertz CT molecular complexity index is 545. The Hall–Kier alpha value is -1.90. The fourth-order valence-electron chi connectivity index (χ4n) is 1.50. The topological polar surface area (TPSA) is 64.3 Å². The minimum absolute atomic E-state index is 0.125. The van der Waals surface area contributed by atoms with Gasteiger partial charge in [-0.1, -0.05) is 11.8 Å². The van der Waals surface area contributed by atoms with E-state index in [2.05, 4.69) is 17.2 Å². The fourth-order valence-corrected chi connectivity index (χ4v) is 1.50. The van der Waals surface area contributed by atoms with Gasteiger partial charge in [0.15, 0.2) is 0 Å². The SMILES string of the molecule is COC(C)(C)CC(=O)Nc1ccc(C#CCN)cc1F. The van der Waals surface area contributed by atoms with Gasteiger partial charge in [-0.25, -0.2) is 4.39 Å². The van der Waals surface area contributed by atoms with Gasteiger partial charge >= 0.3 is 0 Å². The zero-order valence-electron chi connectivity index (χ0n) is 11.9. The van der Waals surface area contributed by atoms with Crippen LogP contribution in [0.15, 0.2) is 18.2 Å². The molecule has 4 nitrogen and oxygen atoms in total. The van der Waals surface area contributed by atoms with Crippen molar-refractivity contribution in [3.05, 3.63) is 29.6 Å². The van der Waals surface area contributed by atoms with Crippen molar-refractivity contribution in [2.24, 2.45) is 5.73 Å². The predicted molar refractivity (Wildman–Crippen MR) is 76.7 cm³/mol. The van der Waals surface area contributed by atoms with Gasteiger partial charge in [0, 0.05) is 12.7 Å². The van der Waals surface area contributed by atoms with Crippen molar-refractivity contribution < 1.29 is 13.9 Å². The number of nitrogens with one attached hydrogen (secondary N) is 1. The highest BCUT2D eigenvalue weighted by atomic mass is 19.1. The Morgan fingerprint density at radius 1 is 1.50 bits per heavy atom. The molecule has 0 saturated carbocycles. The lowest BCUT2D eigenvalue weighted by Crippen LogP contribution is -2.29. The number of carbonyl (C=O) groups excluding carboxylic acids is 1. The molecule has 0 saturated heterocycles. The van der Waals surface area contributed by atoms with Crippen LogP contribution in [0.5, 0.6) is 0 Å². The van der Waals surface area contributed by atoms with Gasteiger partial charge < -0.3 is 15.8 Å². The van der Waals surface area contributed by atoms with Crippen molar-refractivity contribution in [1.29, 1.82) is 0 Å². The quantitative estimate of drug-likeness (QED) is 0.827. The number of rotatable bonds is 4. The zero-order chi connectivity index (χ0) is 15.2. The number of anilines is 1. The molecule has 0 aliphatic rings. The maximum atomic E-state index is 13.8. The lowest BCUT2D eigenvalue weighted by molar-refractivity contribution is -0.121. The van der Waals surface area contributed by atoms with Crippen molar-refractivity contribution in [2.45, 2.75) is 25.9 Å². The van der Waals surface area contributed by atoms with E-state index in [1.165, 1.54) is 19.2 Å². The molecule has 1 rings (SSSR count). The fraction of sp³-hybridized carbons (Fsp3) is 0.400. The van der Waals surface area contributed by atoms with E-state index in [4.69, 9.17) is 10.5 Å². The first-order valence-electron chi connectivity index (χ1n) is 6.21. The number of halogens is 1. The summed E-state index contributed by atoms with van der Waals surface area (Å²) in [5, 5.41) is 2.52. The van der Waals surface area contributed by atoms with Crippen LogP contribution in [0.1, 0.15) is 25.8 Å². The number of carbonyl (C=O) groups is 1. The molecule has 0 aliphatic heterocycles. The maximum Gasteiger partial charge on any atom is 0.227 e. The second-order valence-electron chi connectivity index (χ2n) is 4.89. The van der Waals surface area contributed by atoms with Crippen molar-refractivity contribution in [2.75, 3.05) is 19.0 Å². The van der Waals surface area contributed by atoms with Crippen LogP contribution >= 0.6 is 0 Å². The highest BCUT2D eigenvalue weighted by Crippen LogP contribution is 2.18. The van der Waals surface area contributed by atoms with Crippen LogP contribution in [-0.4, -0.2) is 25.2 Å². The van der Waals surface area contributed by atoms with Gasteiger partial charge in [0.1, 0.15) is 5.82 Å². The van der Waals surface area contributed by atoms with Gasteiger partial charge in [0.25, 0.3) is 0 Å². The third-order valence-corrected chi connectivity index (χ3v) is 2.72. The Morgan fingerprint density at radius 3 is 2.75 bits per heavy atom. The van der Waals surface area contributed by atoms with Gasteiger partial charge in [0.2, 0.25) is 5.91 Å². The molecule has 0 aromatic heterocycles. The molecule has 108 valence electrons. The van der Waals surface area contributed by atoms with Gasteiger partial charge in [-0.15, -0.1) is 0 Å². The lowest BCUT2D eigenvalue weighted by Gasteiger charge is -2.22. The van der Waals surface area contributed by atoms with E-state index in [-0.39, 0.29) is 24.6 Å². The maximum absolute atomic E-state index is 13.8. The van der Waals surface area contributed by atoms with E-state index in [1.54, 1.807) is 19.9 Å². The number of hydrogen-bond acceptors (Lipinski definition) is 3. The summed E-state index contributed by atoms with van der Waals surface area (Å²) < 4.78 is 19.0. The predicted octanol–water partition coefficient (Wildman–Crippen LogP) is 1.89. The summed E-state index contributed by atoms with van der Waals surface area (Å²) in [6, 6.07) is 4.37. The third-order valence-electron chi connectivity index (χ3n) is 2.72. The molecular weight excluding hydrogens is 259 g/mol. The molecule has 0 unspecified atom stereocenters. The summed E-state index contributed by atoms with van der Waals surface area (Å²) in [6.07, 6.45) is 0.137. The third kappa shape index (κ3) is 5.00. The summed E-state index contributed by atoms with van der Waals surface area (Å²) in [5.74, 6) is 4.52. The molecule has 0 bridgehead atoms. The monoisotopic (exact) mass is 278 g/mol. The highest BCUT2D eigenvalue weighted by Gasteiger charge is 2.21. The molecule has 5 heteroatoms. The Balaban J connectivity index is 2.76. The number of benzene rings is 1.